The zero-order valence-corrected chi connectivity index (χ0v) is 14.2. The van der Waals surface area contributed by atoms with Crippen molar-refractivity contribution in [1.82, 2.24) is 15.5 Å². The van der Waals surface area contributed by atoms with E-state index in [1.165, 1.54) is 0 Å². The molecule has 0 spiro atoms. The Labute approximate surface area is 142 Å². The van der Waals surface area contributed by atoms with Gasteiger partial charge < -0.3 is 15.5 Å². The lowest BCUT2D eigenvalue weighted by Gasteiger charge is -2.20. The highest BCUT2D eigenvalue weighted by Crippen LogP contribution is 2.19. The minimum absolute atomic E-state index is 0.0290. The fraction of sp³-hybridized carbons (Fsp3) is 0.500. The van der Waals surface area contributed by atoms with Crippen molar-refractivity contribution in [3.63, 3.8) is 0 Å². The number of nitrogens with one attached hydrogen (secondary N) is 2. The molecule has 1 atom stereocenters. The SMILES string of the molecule is CC(C)N1C[C@@H](C(=O)NCCNC(=O)Cc2ccccc2)CC1=O. The Morgan fingerprint density at radius 3 is 2.46 bits per heavy atom. The molecule has 6 nitrogen and oxygen atoms in total. The molecule has 0 saturated carbocycles. The first-order valence-electron chi connectivity index (χ1n) is 8.35. The van der Waals surface area contributed by atoms with Crippen molar-refractivity contribution in [2.24, 2.45) is 5.92 Å². The van der Waals surface area contributed by atoms with E-state index in [2.05, 4.69) is 10.6 Å². The van der Waals surface area contributed by atoms with E-state index in [9.17, 15) is 14.4 Å². The monoisotopic (exact) mass is 331 g/mol. The number of nitrogens with zero attached hydrogens (tertiary/aromatic N) is 1. The second kappa shape index (κ2) is 8.47. The van der Waals surface area contributed by atoms with Gasteiger partial charge in [-0.05, 0) is 19.4 Å². The van der Waals surface area contributed by atoms with Crippen LogP contribution in [0.1, 0.15) is 25.8 Å². The van der Waals surface area contributed by atoms with Gasteiger partial charge in [0, 0.05) is 32.1 Å². The van der Waals surface area contributed by atoms with Gasteiger partial charge in [-0.2, -0.15) is 0 Å². The van der Waals surface area contributed by atoms with Crippen LogP contribution in [0.4, 0.5) is 0 Å². The fourth-order valence-corrected chi connectivity index (χ4v) is 2.78. The number of benzene rings is 1. The zero-order chi connectivity index (χ0) is 17.5. The molecule has 0 aliphatic carbocycles. The molecule has 1 fully saturated rings. The third-order valence-corrected chi connectivity index (χ3v) is 4.11. The quantitative estimate of drug-likeness (QED) is 0.723. The average molecular weight is 331 g/mol. The van der Waals surface area contributed by atoms with Crippen LogP contribution >= 0.6 is 0 Å². The first-order valence-corrected chi connectivity index (χ1v) is 8.35. The molecule has 0 aromatic heterocycles. The molecule has 1 aromatic rings. The lowest BCUT2D eigenvalue weighted by molar-refractivity contribution is -0.129. The second-order valence-corrected chi connectivity index (χ2v) is 6.34. The van der Waals surface area contributed by atoms with E-state index < -0.39 is 0 Å². The summed E-state index contributed by atoms with van der Waals surface area (Å²) in [5.41, 5.74) is 0.956. The van der Waals surface area contributed by atoms with Crippen molar-refractivity contribution in [1.29, 1.82) is 0 Å². The van der Waals surface area contributed by atoms with Crippen LogP contribution in [0.2, 0.25) is 0 Å². The first-order chi connectivity index (χ1) is 11.5. The molecule has 6 heteroatoms. The minimum atomic E-state index is -0.292. The molecule has 24 heavy (non-hydrogen) atoms. The van der Waals surface area contributed by atoms with E-state index in [1.54, 1.807) is 4.90 Å². The highest BCUT2D eigenvalue weighted by molar-refractivity contribution is 5.89. The van der Waals surface area contributed by atoms with Gasteiger partial charge in [-0.3, -0.25) is 14.4 Å². The minimum Gasteiger partial charge on any atom is -0.354 e. The zero-order valence-electron chi connectivity index (χ0n) is 14.2. The lowest BCUT2D eigenvalue weighted by Crippen LogP contribution is -2.39. The molecule has 1 aliphatic rings. The highest BCUT2D eigenvalue weighted by Gasteiger charge is 2.35. The van der Waals surface area contributed by atoms with Gasteiger partial charge in [0.25, 0.3) is 0 Å². The van der Waals surface area contributed by atoms with Crippen LogP contribution in [-0.2, 0) is 20.8 Å². The summed E-state index contributed by atoms with van der Waals surface area (Å²) < 4.78 is 0. The van der Waals surface area contributed by atoms with Crippen molar-refractivity contribution in [2.45, 2.75) is 32.7 Å². The maximum atomic E-state index is 12.1. The number of carbonyl (C=O) groups excluding carboxylic acids is 3. The van der Waals surface area contributed by atoms with Gasteiger partial charge >= 0.3 is 0 Å². The molecule has 0 radical (unpaired) electrons. The van der Waals surface area contributed by atoms with Crippen molar-refractivity contribution >= 4 is 17.7 Å². The standard InChI is InChI=1S/C18H25N3O3/c1-13(2)21-12-15(11-17(21)23)18(24)20-9-8-19-16(22)10-14-6-4-3-5-7-14/h3-7,13,15H,8-12H2,1-2H3,(H,19,22)(H,20,24)/t15-/m0/s1. The Bertz CT molecular complexity index is 586. The average Bonchev–Trinajstić information content (AvgIpc) is 2.94. The lowest BCUT2D eigenvalue weighted by atomic mass is 10.1. The third kappa shape index (κ3) is 5.08. The molecule has 2 N–H and O–H groups in total. The molecule has 1 aromatic carbocycles. The van der Waals surface area contributed by atoms with Gasteiger partial charge in [0.1, 0.15) is 0 Å². The Kier molecular flexibility index (Phi) is 6.35. The molecule has 3 amide bonds. The summed E-state index contributed by atoms with van der Waals surface area (Å²) in [6, 6.07) is 9.62. The van der Waals surface area contributed by atoms with Crippen LogP contribution < -0.4 is 10.6 Å². The predicted molar refractivity (Wildman–Crippen MR) is 91.1 cm³/mol. The number of hydrogen-bond donors (Lipinski definition) is 2. The van der Waals surface area contributed by atoms with E-state index in [1.807, 2.05) is 44.2 Å². The normalized spacial score (nSPS) is 17.2. The number of rotatable bonds is 7. The number of likely N-dealkylation sites (tertiary alicyclic amines) is 1. The van der Waals surface area contributed by atoms with E-state index in [4.69, 9.17) is 0 Å². The summed E-state index contributed by atoms with van der Waals surface area (Å²) in [6.45, 7) is 5.11. The largest absolute Gasteiger partial charge is 0.354 e. The van der Waals surface area contributed by atoms with Crippen LogP contribution in [-0.4, -0.2) is 48.3 Å². The second-order valence-electron chi connectivity index (χ2n) is 6.34. The van der Waals surface area contributed by atoms with Crippen LogP contribution in [0.5, 0.6) is 0 Å². The van der Waals surface area contributed by atoms with Crippen molar-refractivity contribution in [3.05, 3.63) is 35.9 Å². The highest BCUT2D eigenvalue weighted by atomic mass is 16.2. The summed E-state index contributed by atoms with van der Waals surface area (Å²) in [5, 5.41) is 5.57. The van der Waals surface area contributed by atoms with Gasteiger partial charge in [0.2, 0.25) is 17.7 Å². The third-order valence-electron chi connectivity index (χ3n) is 4.11. The van der Waals surface area contributed by atoms with Crippen molar-refractivity contribution in [3.8, 4) is 0 Å². The molecule has 0 bridgehead atoms. The number of hydrogen-bond acceptors (Lipinski definition) is 3. The summed E-state index contributed by atoms with van der Waals surface area (Å²) in [7, 11) is 0. The predicted octanol–water partition coefficient (Wildman–Crippen LogP) is 0.718. The maximum absolute atomic E-state index is 12.1. The Morgan fingerprint density at radius 2 is 1.83 bits per heavy atom. The Balaban J connectivity index is 1.64. The van der Waals surface area contributed by atoms with Crippen molar-refractivity contribution < 1.29 is 14.4 Å². The van der Waals surface area contributed by atoms with Gasteiger partial charge in [0.15, 0.2) is 0 Å². The van der Waals surface area contributed by atoms with E-state index in [0.717, 1.165) is 5.56 Å². The van der Waals surface area contributed by atoms with E-state index >= 15 is 0 Å². The topological polar surface area (TPSA) is 78.5 Å². The van der Waals surface area contributed by atoms with Crippen molar-refractivity contribution in [2.75, 3.05) is 19.6 Å². The molecular formula is C18H25N3O3. The molecular weight excluding hydrogens is 306 g/mol. The van der Waals surface area contributed by atoms with Crippen LogP contribution in [0, 0.1) is 5.92 Å². The van der Waals surface area contributed by atoms with Crippen LogP contribution in [0.15, 0.2) is 30.3 Å². The molecule has 1 saturated heterocycles. The fourth-order valence-electron chi connectivity index (χ4n) is 2.78. The smallest absolute Gasteiger partial charge is 0.225 e. The summed E-state index contributed by atoms with van der Waals surface area (Å²) in [6.07, 6.45) is 0.597. The molecule has 130 valence electrons. The Hall–Kier alpha value is -2.37. The van der Waals surface area contributed by atoms with Gasteiger partial charge in [-0.25, -0.2) is 0 Å². The van der Waals surface area contributed by atoms with Gasteiger partial charge in [-0.15, -0.1) is 0 Å². The molecule has 2 rings (SSSR count). The number of carbonyl (C=O) groups is 3. The summed E-state index contributed by atoms with van der Waals surface area (Å²) in [5.74, 6) is -0.456. The Morgan fingerprint density at radius 1 is 1.17 bits per heavy atom. The van der Waals surface area contributed by atoms with Gasteiger partial charge in [-0.1, -0.05) is 30.3 Å². The van der Waals surface area contributed by atoms with E-state index in [-0.39, 0.29) is 36.1 Å². The number of amides is 3. The summed E-state index contributed by atoms with van der Waals surface area (Å²) in [4.78, 5) is 37.4. The maximum Gasteiger partial charge on any atom is 0.225 e. The molecule has 1 heterocycles. The van der Waals surface area contributed by atoms with E-state index in [0.29, 0.717) is 26.1 Å². The molecule has 0 unspecified atom stereocenters. The first kappa shape index (κ1) is 18.0. The molecule has 1 aliphatic heterocycles. The van der Waals surface area contributed by atoms with Gasteiger partial charge in [0.05, 0.1) is 12.3 Å². The van der Waals surface area contributed by atoms with Crippen LogP contribution in [0.3, 0.4) is 0 Å². The van der Waals surface area contributed by atoms with Crippen LogP contribution in [0.25, 0.3) is 0 Å². The summed E-state index contributed by atoms with van der Waals surface area (Å²) >= 11 is 0.